The van der Waals surface area contributed by atoms with E-state index in [2.05, 4.69) is 60.3 Å². The van der Waals surface area contributed by atoms with Crippen LogP contribution in [0.15, 0.2) is 35.1 Å². The van der Waals surface area contributed by atoms with E-state index in [1.807, 2.05) is 0 Å². The number of nitrogens with one attached hydrogen (secondary N) is 2. The van der Waals surface area contributed by atoms with Crippen molar-refractivity contribution in [3.05, 3.63) is 56.6 Å². The molecule has 0 saturated heterocycles. The minimum atomic E-state index is -0.281. The smallest absolute Gasteiger partial charge is 0.253 e. The Balaban J connectivity index is 0.000000171. The number of hydrogen-bond acceptors (Lipinski definition) is 3. The molecule has 1 aromatic heterocycles. The average Bonchev–Trinajstić information content (AvgIpc) is 2.21. The minimum Gasteiger partial charge on any atom is -0.385 e. The van der Waals surface area contributed by atoms with Gasteiger partial charge in [0, 0.05) is 6.07 Å². The van der Waals surface area contributed by atoms with Gasteiger partial charge in [-0.25, -0.2) is 0 Å². The molecule has 1 heterocycles. The van der Waals surface area contributed by atoms with Crippen LogP contribution >= 0.6 is 12.2 Å². The molecule has 1 aromatic carbocycles. The van der Waals surface area contributed by atoms with Crippen LogP contribution in [-0.2, 0) is 0 Å². The van der Waals surface area contributed by atoms with E-state index in [1.165, 1.54) is 17.2 Å². The highest BCUT2D eigenvalue weighted by atomic mass is 32.1. The molecule has 0 unspecified atom stereocenters. The van der Waals surface area contributed by atoms with Crippen molar-refractivity contribution in [1.82, 2.24) is 9.97 Å². The number of rotatable bonds is 0. The number of nitrogen functional groups attached to an aromatic ring is 1. The largest absolute Gasteiger partial charge is 0.385 e. The van der Waals surface area contributed by atoms with Gasteiger partial charge in [0.25, 0.3) is 5.56 Å². The maximum atomic E-state index is 10.5. The van der Waals surface area contributed by atoms with Crippen LogP contribution in [0, 0.1) is 18.6 Å². The van der Waals surface area contributed by atoms with Gasteiger partial charge in [-0.3, -0.25) is 9.78 Å². The fraction of sp³-hybridized carbons (Fsp3) is 0.167. The number of H-pyrrole nitrogens is 2. The van der Waals surface area contributed by atoms with E-state index in [9.17, 15) is 4.79 Å². The van der Waals surface area contributed by atoms with Gasteiger partial charge in [-0.05, 0) is 37.2 Å². The van der Waals surface area contributed by atoms with Gasteiger partial charge in [-0.15, -0.1) is 0 Å². The molecule has 0 saturated carbocycles. The number of anilines is 1. The molecule has 0 aliphatic carbocycles. The number of nitrogens with two attached hydrogens (primary N) is 1. The monoisotopic (exact) mass is 249 g/mol. The van der Waals surface area contributed by atoms with Gasteiger partial charge in [0.2, 0.25) is 0 Å². The van der Waals surface area contributed by atoms with Gasteiger partial charge in [0.05, 0.1) is 0 Å². The first kappa shape index (κ1) is 13.2. The number of benzene rings is 1. The van der Waals surface area contributed by atoms with Crippen LogP contribution in [0.4, 0.5) is 5.82 Å². The molecule has 90 valence electrons. The fourth-order valence-electron chi connectivity index (χ4n) is 1.15. The summed E-state index contributed by atoms with van der Waals surface area (Å²) in [6.07, 6.45) is 0. The first-order valence-electron chi connectivity index (χ1n) is 5.10. The van der Waals surface area contributed by atoms with Gasteiger partial charge in [0.15, 0.2) is 4.77 Å². The lowest BCUT2D eigenvalue weighted by Gasteiger charge is -1.93. The molecule has 0 aliphatic heterocycles. The fourth-order valence-corrected chi connectivity index (χ4v) is 1.37. The summed E-state index contributed by atoms with van der Waals surface area (Å²) in [6, 6.07) is 9.59. The molecular formula is C12H15N3OS. The molecule has 0 atom stereocenters. The first-order valence-corrected chi connectivity index (χ1v) is 5.51. The normalized spacial score (nSPS) is 9.29. The lowest BCUT2D eigenvalue weighted by atomic mass is 10.1. The van der Waals surface area contributed by atoms with Crippen molar-refractivity contribution in [2.75, 3.05) is 5.73 Å². The molecule has 0 radical (unpaired) electrons. The highest BCUT2D eigenvalue weighted by Crippen LogP contribution is 2.02. The molecular weight excluding hydrogens is 234 g/mol. The predicted octanol–water partition coefficient (Wildman–Crippen LogP) is 2.32. The van der Waals surface area contributed by atoms with Crippen LogP contribution in [0.5, 0.6) is 0 Å². The van der Waals surface area contributed by atoms with E-state index in [0.717, 1.165) is 0 Å². The number of aromatic nitrogens is 2. The van der Waals surface area contributed by atoms with E-state index in [1.54, 1.807) is 0 Å². The summed E-state index contributed by atoms with van der Waals surface area (Å²) in [5, 5.41) is 0. The van der Waals surface area contributed by atoms with Crippen molar-refractivity contribution in [2.24, 2.45) is 0 Å². The lowest BCUT2D eigenvalue weighted by molar-refractivity contribution is 1.10. The molecule has 2 rings (SSSR count). The Morgan fingerprint density at radius 3 is 2.00 bits per heavy atom. The standard InChI is InChI=1S/C8H10.C4H5N3OS/c1-7-5-3-4-6-8(7)2;5-2-1-3(8)7-4(9)6-2/h3-6H,1-2H3;1H,(H4,5,6,7,8,9). The first-order chi connectivity index (χ1) is 7.99. The predicted molar refractivity (Wildman–Crippen MR) is 72.6 cm³/mol. The summed E-state index contributed by atoms with van der Waals surface area (Å²) in [6.45, 7) is 4.24. The minimum absolute atomic E-state index is 0.250. The third-order valence-corrected chi connectivity index (χ3v) is 2.41. The number of hydrogen-bond donors (Lipinski definition) is 3. The van der Waals surface area contributed by atoms with E-state index >= 15 is 0 Å². The van der Waals surface area contributed by atoms with Crippen LogP contribution in [0.3, 0.4) is 0 Å². The highest BCUT2D eigenvalue weighted by Gasteiger charge is 1.84. The van der Waals surface area contributed by atoms with Crippen LogP contribution < -0.4 is 11.3 Å². The molecule has 4 N–H and O–H groups in total. The Morgan fingerprint density at radius 2 is 1.65 bits per heavy atom. The lowest BCUT2D eigenvalue weighted by Crippen LogP contribution is -2.07. The quantitative estimate of drug-likeness (QED) is 0.627. The molecule has 0 bridgehead atoms. The molecule has 0 amide bonds. The molecule has 17 heavy (non-hydrogen) atoms. The van der Waals surface area contributed by atoms with Crippen molar-refractivity contribution < 1.29 is 0 Å². The highest BCUT2D eigenvalue weighted by molar-refractivity contribution is 7.71. The SMILES string of the molecule is Cc1ccccc1C.Nc1cc(=O)[nH]c(=S)[nH]1. The number of aryl methyl sites for hydroxylation is 2. The Morgan fingerprint density at radius 1 is 1.12 bits per heavy atom. The summed E-state index contributed by atoms with van der Waals surface area (Å²) < 4.78 is 0.250. The Labute approximate surface area is 105 Å². The average molecular weight is 249 g/mol. The Hall–Kier alpha value is -1.88. The second kappa shape index (κ2) is 6.00. The van der Waals surface area contributed by atoms with E-state index in [0.29, 0.717) is 0 Å². The van der Waals surface area contributed by atoms with Gasteiger partial charge in [0.1, 0.15) is 5.82 Å². The maximum Gasteiger partial charge on any atom is 0.253 e. The number of aromatic amines is 2. The van der Waals surface area contributed by atoms with E-state index in [4.69, 9.17) is 5.73 Å². The van der Waals surface area contributed by atoms with Crippen LogP contribution in [-0.4, -0.2) is 9.97 Å². The summed E-state index contributed by atoms with van der Waals surface area (Å²) in [5.41, 5.74) is 7.67. The van der Waals surface area contributed by atoms with Gasteiger partial charge < -0.3 is 10.7 Å². The van der Waals surface area contributed by atoms with Crippen LogP contribution in [0.2, 0.25) is 0 Å². The molecule has 0 spiro atoms. The summed E-state index contributed by atoms with van der Waals surface area (Å²) in [7, 11) is 0. The van der Waals surface area contributed by atoms with E-state index < -0.39 is 0 Å². The van der Waals surface area contributed by atoms with Crippen molar-refractivity contribution in [3.8, 4) is 0 Å². The summed E-state index contributed by atoms with van der Waals surface area (Å²) in [4.78, 5) is 15.4. The third-order valence-electron chi connectivity index (χ3n) is 2.21. The molecule has 0 aliphatic rings. The summed E-state index contributed by atoms with van der Waals surface area (Å²) >= 11 is 4.60. The summed E-state index contributed by atoms with van der Waals surface area (Å²) in [5.74, 6) is 0.281. The van der Waals surface area contributed by atoms with Gasteiger partial charge in [-0.1, -0.05) is 24.3 Å². The van der Waals surface area contributed by atoms with Crippen LogP contribution in [0.1, 0.15) is 11.1 Å². The van der Waals surface area contributed by atoms with Gasteiger partial charge >= 0.3 is 0 Å². The zero-order valence-electron chi connectivity index (χ0n) is 9.78. The second-order valence-corrected chi connectivity index (χ2v) is 4.04. The third kappa shape index (κ3) is 4.65. The van der Waals surface area contributed by atoms with E-state index in [-0.39, 0.29) is 16.1 Å². The van der Waals surface area contributed by atoms with Crippen molar-refractivity contribution in [1.29, 1.82) is 0 Å². The Kier molecular flexibility index (Phi) is 4.66. The van der Waals surface area contributed by atoms with Crippen molar-refractivity contribution in [3.63, 3.8) is 0 Å². The molecule has 5 heteroatoms. The second-order valence-electron chi connectivity index (χ2n) is 3.63. The molecule has 4 nitrogen and oxygen atoms in total. The maximum absolute atomic E-state index is 10.5. The van der Waals surface area contributed by atoms with Crippen molar-refractivity contribution in [2.45, 2.75) is 13.8 Å². The van der Waals surface area contributed by atoms with Gasteiger partial charge in [-0.2, -0.15) is 0 Å². The zero-order valence-corrected chi connectivity index (χ0v) is 10.6. The van der Waals surface area contributed by atoms with Crippen molar-refractivity contribution >= 4 is 18.0 Å². The van der Waals surface area contributed by atoms with Crippen LogP contribution in [0.25, 0.3) is 0 Å². The molecule has 2 aromatic rings. The zero-order chi connectivity index (χ0) is 12.8. The topological polar surface area (TPSA) is 74.7 Å². The Bertz CT molecular complexity index is 552. The molecule has 0 fully saturated rings.